The van der Waals surface area contributed by atoms with E-state index in [1.807, 2.05) is 0 Å². The lowest BCUT2D eigenvalue weighted by atomic mass is 10.0. The number of rotatable bonds is 20. The molecule has 35 heavy (non-hydrogen) atoms. The summed E-state index contributed by atoms with van der Waals surface area (Å²) < 4.78 is 4.32. The molecule has 7 N–H and O–H groups in total. The Morgan fingerprint density at radius 2 is 1.34 bits per heavy atom. The first-order valence-electron chi connectivity index (χ1n) is 12.1. The van der Waals surface area contributed by atoms with Gasteiger partial charge in [0, 0.05) is 12.8 Å². The predicted molar refractivity (Wildman–Crippen MR) is 123 cm³/mol. The molecule has 0 aliphatic carbocycles. The van der Waals surface area contributed by atoms with Crippen molar-refractivity contribution in [2.45, 2.75) is 114 Å². The molecule has 0 fully saturated rings. The predicted octanol–water partition coefficient (Wildman–Crippen LogP) is -0.237. The van der Waals surface area contributed by atoms with Gasteiger partial charge in [0.15, 0.2) is 6.10 Å². The maximum atomic E-state index is 12.0. The van der Waals surface area contributed by atoms with Gasteiger partial charge in [0.05, 0.1) is 6.61 Å². The highest BCUT2D eigenvalue weighted by molar-refractivity contribution is 5.89. The number of unbranched alkanes of at least 4 members (excludes halogenated alkanes) is 8. The van der Waals surface area contributed by atoms with E-state index in [9.17, 15) is 44.7 Å². The summed E-state index contributed by atoms with van der Waals surface area (Å²) in [7, 11) is 0. The Morgan fingerprint density at radius 3 is 1.86 bits per heavy atom. The minimum atomic E-state index is -2.40. The minimum Gasteiger partial charge on any atom is -0.480 e. The molecule has 0 unspecified atom stereocenters. The van der Waals surface area contributed by atoms with E-state index in [4.69, 9.17) is 5.11 Å². The fraction of sp³-hybridized carbons (Fsp3) is 0.826. The lowest BCUT2D eigenvalue weighted by Crippen LogP contribution is -2.49. The highest BCUT2D eigenvalue weighted by Crippen LogP contribution is 2.11. The molecule has 12 heteroatoms. The highest BCUT2D eigenvalue weighted by Gasteiger charge is 2.36. The Morgan fingerprint density at radius 1 is 0.800 bits per heavy atom. The number of aliphatic carboxylic acids is 1. The number of carbonyl (C=O) groups is 4. The Labute approximate surface area is 205 Å². The van der Waals surface area contributed by atoms with Crippen molar-refractivity contribution in [2.75, 3.05) is 6.61 Å². The van der Waals surface area contributed by atoms with Crippen LogP contribution in [0, 0.1) is 0 Å². The molecule has 0 saturated heterocycles. The summed E-state index contributed by atoms with van der Waals surface area (Å²) in [5.74, 6) is -4.70. The zero-order chi connectivity index (χ0) is 26.8. The van der Waals surface area contributed by atoms with Gasteiger partial charge in [-0.3, -0.25) is 9.59 Å². The standard InChI is InChI=1S/C23H41NO11/c1-2-3-4-5-6-7-8-9-10-11-17(27)24-15(22(32)33)12-13-18(28)35-23(34)21(31)20(30)19(29)16(26)14-25/h15-16,19-21,25-26,29-31H,2-14H2,1H3,(H,24,27)(H,32,33)/t15-,16+,19+,20-,21+/m0/s1. The van der Waals surface area contributed by atoms with Crippen molar-refractivity contribution >= 4 is 23.8 Å². The molecule has 0 rings (SSSR count). The molecule has 0 aromatic carbocycles. The second kappa shape index (κ2) is 19.1. The van der Waals surface area contributed by atoms with Gasteiger partial charge in [-0.1, -0.05) is 58.3 Å². The monoisotopic (exact) mass is 507 g/mol. The van der Waals surface area contributed by atoms with Crippen molar-refractivity contribution < 1.29 is 54.6 Å². The fourth-order valence-corrected chi connectivity index (χ4v) is 3.27. The largest absolute Gasteiger partial charge is 0.480 e. The van der Waals surface area contributed by atoms with Gasteiger partial charge in [0.25, 0.3) is 0 Å². The number of amides is 1. The Bertz CT molecular complexity index is 643. The van der Waals surface area contributed by atoms with Crippen LogP contribution >= 0.6 is 0 Å². The molecule has 1 amide bonds. The van der Waals surface area contributed by atoms with E-state index < -0.39 is 67.3 Å². The molecule has 0 bridgehead atoms. The third kappa shape index (κ3) is 14.8. The van der Waals surface area contributed by atoms with Crippen LogP contribution in [0.15, 0.2) is 0 Å². The van der Waals surface area contributed by atoms with Crippen LogP contribution in [0.4, 0.5) is 0 Å². The first-order chi connectivity index (χ1) is 16.5. The third-order valence-corrected chi connectivity index (χ3v) is 5.49. The molecule has 0 heterocycles. The van der Waals surface area contributed by atoms with Crippen LogP contribution in [0.2, 0.25) is 0 Å². The van der Waals surface area contributed by atoms with E-state index >= 15 is 0 Å². The van der Waals surface area contributed by atoms with Crippen molar-refractivity contribution in [1.82, 2.24) is 5.32 Å². The van der Waals surface area contributed by atoms with Crippen molar-refractivity contribution in [3.63, 3.8) is 0 Å². The number of nitrogens with one attached hydrogen (secondary N) is 1. The molecular weight excluding hydrogens is 466 g/mol. The number of carboxylic acid groups (broad SMARTS) is 1. The molecule has 12 nitrogen and oxygen atoms in total. The average Bonchev–Trinajstić information content (AvgIpc) is 2.83. The van der Waals surface area contributed by atoms with E-state index in [2.05, 4.69) is 17.0 Å². The summed E-state index contributed by atoms with van der Waals surface area (Å²) in [6, 6.07) is -1.39. The lowest BCUT2D eigenvalue weighted by Gasteiger charge is -2.24. The van der Waals surface area contributed by atoms with Crippen LogP contribution in [-0.4, -0.2) is 91.5 Å². The van der Waals surface area contributed by atoms with Crippen LogP contribution in [0.1, 0.15) is 84.0 Å². The van der Waals surface area contributed by atoms with E-state index in [0.29, 0.717) is 6.42 Å². The number of carbonyl (C=O) groups excluding carboxylic acids is 3. The maximum absolute atomic E-state index is 12.0. The number of carboxylic acids is 1. The molecule has 5 atom stereocenters. The van der Waals surface area contributed by atoms with Crippen molar-refractivity contribution in [2.24, 2.45) is 0 Å². The van der Waals surface area contributed by atoms with Crippen LogP contribution in [0.3, 0.4) is 0 Å². The van der Waals surface area contributed by atoms with Gasteiger partial charge < -0.3 is 40.7 Å². The Kier molecular flexibility index (Phi) is 18.0. The minimum absolute atomic E-state index is 0.147. The van der Waals surface area contributed by atoms with Gasteiger partial charge in [-0.2, -0.15) is 0 Å². The zero-order valence-corrected chi connectivity index (χ0v) is 20.3. The van der Waals surface area contributed by atoms with Crippen LogP contribution < -0.4 is 5.32 Å². The topological polar surface area (TPSA) is 211 Å². The highest BCUT2D eigenvalue weighted by atomic mass is 16.6. The van der Waals surface area contributed by atoms with E-state index in [0.717, 1.165) is 25.7 Å². The summed E-state index contributed by atoms with van der Waals surface area (Å²) >= 11 is 0. The number of aliphatic hydroxyl groups excluding tert-OH is 5. The molecule has 0 saturated carbocycles. The maximum Gasteiger partial charge on any atom is 0.345 e. The van der Waals surface area contributed by atoms with Crippen molar-refractivity contribution in [3.05, 3.63) is 0 Å². The molecule has 0 radical (unpaired) electrons. The number of hydrogen-bond acceptors (Lipinski definition) is 10. The second-order valence-corrected chi connectivity index (χ2v) is 8.54. The number of aliphatic hydroxyl groups is 5. The number of esters is 2. The van der Waals surface area contributed by atoms with Crippen LogP contribution in [0.5, 0.6) is 0 Å². The average molecular weight is 508 g/mol. The fourth-order valence-electron chi connectivity index (χ4n) is 3.27. The molecule has 0 aliphatic rings. The zero-order valence-electron chi connectivity index (χ0n) is 20.3. The van der Waals surface area contributed by atoms with Gasteiger partial charge in [0.2, 0.25) is 5.91 Å². The quantitative estimate of drug-likeness (QED) is 0.0649. The van der Waals surface area contributed by atoms with Crippen molar-refractivity contribution in [3.8, 4) is 0 Å². The molecule has 0 aromatic heterocycles. The lowest BCUT2D eigenvalue weighted by molar-refractivity contribution is -0.177. The summed E-state index contributed by atoms with van der Waals surface area (Å²) in [5.41, 5.74) is 0. The molecule has 0 spiro atoms. The molecule has 0 aromatic rings. The van der Waals surface area contributed by atoms with Crippen molar-refractivity contribution in [1.29, 1.82) is 0 Å². The van der Waals surface area contributed by atoms with Crippen LogP contribution in [-0.2, 0) is 23.9 Å². The molecular formula is C23H41NO11. The van der Waals surface area contributed by atoms with E-state index in [1.54, 1.807) is 0 Å². The molecule has 0 aliphatic heterocycles. The van der Waals surface area contributed by atoms with Gasteiger partial charge in [-0.25, -0.2) is 9.59 Å². The van der Waals surface area contributed by atoms with E-state index in [-0.39, 0.29) is 12.8 Å². The summed E-state index contributed by atoms with van der Waals surface area (Å²) in [6.07, 6.45) is 0.185. The SMILES string of the molecule is CCCCCCCCCCCC(=O)N[C@@H](CCC(=O)OC(=O)[C@H](O)[C@@H](O)[C@H](O)[C@H](O)CO)C(=O)O. The summed E-state index contributed by atoms with van der Waals surface area (Å²) in [5, 5.41) is 58.3. The van der Waals surface area contributed by atoms with Gasteiger partial charge in [0.1, 0.15) is 24.4 Å². The normalized spacial score (nSPS) is 15.5. The van der Waals surface area contributed by atoms with E-state index in [1.165, 1.54) is 25.7 Å². The smallest absolute Gasteiger partial charge is 0.345 e. The molecule has 204 valence electrons. The van der Waals surface area contributed by atoms with Crippen LogP contribution in [0.25, 0.3) is 0 Å². The Hall–Kier alpha value is -2.12. The Balaban J connectivity index is 4.32. The number of ether oxygens (including phenoxy) is 1. The number of hydrogen-bond donors (Lipinski definition) is 7. The first-order valence-corrected chi connectivity index (χ1v) is 12.1. The van der Waals surface area contributed by atoms with Gasteiger partial charge in [-0.15, -0.1) is 0 Å². The summed E-state index contributed by atoms with van der Waals surface area (Å²) in [4.78, 5) is 47.0. The van der Waals surface area contributed by atoms with Gasteiger partial charge >= 0.3 is 17.9 Å². The first kappa shape index (κ1) is 32.9. The second-order valence-electron chi connectivity index (χ2n) is 8.54. The third-order valence-electron chi connectivity index (χ3n) is 5.49. The van der Waals surface area contributed by atoms with Gasteiger partial charge in [-0.05, 0) is 12.8 Å². The summed E-state index contributed by atoms with van der Waals surface area (Å²) in [6.45, 7) is 1.20.